The van der Waals surface area contributed by atoms with Crippen LogP contribution in [0.2, 0.25) is 0 Å². The third-order valence-corrected chi connectivity index (χ3v) is 6.44. The maximum Gasteiger partial charge on any atom is 0.190 e. The first-order valence-electron chi connectivity index (χ1n) is 9.90. The van der Waals surface area contributed by atoms with Gasteiger partial charge in [0.25, 0.3) is 0 Å². The van der Waals surface area contributed by atoms with Crippen molar-refractivity contribution in [2.45, 2.75) is 17.7 Å². The van der Waals surface area contributed by atoms with Gasteiger partial charge in [-0.15, -0.1) is 0 Å². The highest BCUT2D eigenvalue weighted by molar-refractivity contribution is 7.91. The van der Waals surface area contributed by atoms with E-state index in [1.54, 1.807) is 37.5 Å². The fraction of sp³-hybridized carbons (Fsp3) is 0.273. The molecule has 0 saturated carbocycles. The highest BCUT2D eigenvalue weighted by Gasteiger charge is 2.13. The van der Waals surface area contributed by atoms with Crippen LogP contribution in [-0.4, -0.2) is 50.0 Å². The quantitative estimate of drug-likeness (QED) is 0.312. The van der Waals surface area contributed by atoms with Gasteiger partial charge in [-0.25, -0.2) is 13.1 Å². The molecule has 0 atom stereocenters. The third kappa shape index (κ3) is 6.18. The predicted molar refractivity (Wildman–Crippen MR) is 120 cm³/mol. The third-order valence-electron chi connectivity index (χ3n) is 4.62. The lowest BCUT2D eigenvalue weighted by molar-refractivity contribution is 0.592. The van der Waals surface area contributed by atoms with E-state index >= 15 is 0 Å². The van der Waals surface area contributed by atoms with E-state index in [9.17, 15) is 8.42 Å². The van der Waals surface area contributed by atoms with E-state index in [4.69, 9.17) is 0 Å². The molecule has 158 valence electrons. The van der Waals surface area contributed by atoms with E-state index < -0.39 is 9.84 Å². The van der Waals surface area contributed by atoms with E-state index in [1.165, 1.54) is 5.56 Å². The van der Waals surface area contributed by atoms with Crippen LogP contribution in [-0.2, 0) is 16.3 Å². The van der Waals surface area contributed by atoms with Crippen molar-refractivity contribution < 1.29 is 8.42 Å². The van der Waals surface area contributed by atoms with Gasteiger partial charge in [0, 0.05) is 32.5 Å². The molecule has 0 radical (unpaired) electrons. The topological polar surface area (TPSA) is 88.4 Å². The van der Waals surface area contributed by atoms with Crippen LogP contribution in [0, 0.1) is 0 Å². The molecule has 0 spiro atoms. The number of nitrogens with zero attached hydrogens (tertiary/aromatic N) is 3. The fourth-order valence-electron chi connectivity index (χ4n) is 3.00. The lowest BCUT2D eigenvalue weighted by Gasteiger charge is -2.12. The number of aliphatic imine (C=N–C) groups is 1. The zero-order valence-electron chi connectivity index (χ0n) is 17.0. The molecule has 2 aromatic carbocycles. The van der Waals surface area contributed by atoms with Crippen LogP contribution in [0.1, 0.15) is 12.0 Å². The van der Waals surface area contributed by atoms with Gasteiger partial charge in [-0.3, -0.25) is 4.99 Å². The van der Waals surface area contributed by atoms with Gasteiger partial charge in [-0.05, 0) is 48.7 Å². The summed E-state index contributed by atoms with van der Waals surface area (Å²) in [6.07, 6.45) is 5.03. The molecule has 0 aliphatic carbocycles. The summed E-state index contributed by atoms with van der Waals surface area (Å²) in [5, 5.41) is 10.7. The molecule has 0 unspecified atom stereocenters. The summed E-state index contributed by atoms with van der Waals surface area (Å²) in [5.41, 5.74) is 2.24. The molecule has 3 aromatic rings. The van der Waals surface area contributed by atoms with Gasteiger partial charge in [-0.2, -0.15) is 5.10 Å². The SMILES string of the molecule is CN=C(NCCCS(=O)(=O)c1ccccc1)NCCc1ccc(-n2cccn2)cc1. The first-order valence-corrected chi connectivity index (χ1v) is 11.5. The standard InChI is InChI=1S/C22H27N5O2S/c1-23-22(24-14-6-18-30(28,29)21-7-3-2-4-8-21)25-16-13-19-9-11-20(12-10-19)27-17-5-15-26-27/h2-5,7-12,15,17H,6,13-14,16,18H2,1H3,(H2,23,24,25). The van der Waals surface area contributed by atoms with Crippen molar-refractivity contribution in [3.63, 3.8) is 0 Å². The normalized spacial score (nSPS) is 12.0. The second-order valence-electron chi connectivity index (χ2n) is 6.78. The lowest BCUT2D eigenvalue weighted by Crippen LogP contribution is -2.39. The number of benzene rings is 2. The Morgan fingerprint density at radius 3 is 2.40 bits per heavy atom. The van der Waals surface area contributed by atoms with E-state index in [2.05, 4.69) is 32.9 Å². The first kappa shape index (κ1) is 21.6. The molecule has 1 aromatic heterocycles. The molecule has 0 saturated heterocycles. The molecular weight excluding hydrogens is 398 g/mol. The molecule has 0 aliphatic heterocycles. The van der Waals surface area contributed by atoms with Crippen LogP contribution in [0.15, 0.2) is 82.9 Å². The average Bonchev–Trinajstić information content (AvgIpc) is 3.31. The van der Waals surface area contributed by atoms with Crippen molar-refractivity contribution in [3.05, 3.63) is 78.6 Å². The summed E-state index contributed by atoms with van der Waals surface area (Å²) in [6.45, 7) is 1.26. The molecule has 7 nitrogen and oxygen atoms in total. The lowest BCUT2D eigenvalue weighted by atomic mass is 10.1. The monoisotopic (exact) mass is 425 g/mol. The van der Waals surface area contributed by atoms with Crippen molar-refractivity contribution in [2.24, 2.45) is 4.99 Å². The largest absolute Gasteiger partial charge is 0.356 e. The predicted octanol–water partition coefficient (Wildman–Crippen LogP) is 2.44. The molecule has 1 heterocycles. The van der Waals surface area contributed by atoms with Crippen LogP contribution in [0.3, 0.4) is 0 Å². The first-order chi connectivity index (χ1) is 14.6. The Kier molecular flexibility index (Phi) is 7.62. The number of rotatable bonds is 9. The smallest absolute Gasteiger partial charge is 0.190 e. The summed E-state index contributed by atoms with van der Waals surface area (Å²) in [4.78, 5) is 4.56. The zero-order valence-corrected chi connectivity index (χ0v) is 17.8. The highest BCUT2D eigenvalue weighted by atomic mass is 32.2. The van der Waals surface area contributed by atoms with E-state index in [-0.39, 0.29) is 5.75 Å². The van der Waals surface area contributed by atoms with Gasteiger partial charge >= 0.3 is 0 Å². The summed E-state index contributed by atoms with van der Waals surface area (Å²) >= 11 is 0. The van der Waals surface area contributed by atoms with Crippen molar-refractivity contribution in [1.82, 2.24) is 20.4 Å². The van der Waals surface area contributed by atoms with Crippen molar-refractivity contribution in [1.29, 1.82) is 0 Å². The van der Waals surface area contributed by atoms with Crippen LogP contribution < -0.4 is 10.6 Å². The van der Waals surface area contributed by atoms with Crippen molar-refractivity contribution in [2.75, 3.05) is 25.9 Å². The van der Waals surface area contributed by atoms with Gasteiger partial charge in [0.2, 0.25) is 0 Å². The Morgan fingerprint density at radius 2 is 1.73 bits per heavy atom. The molecular formula is C22H27N5O2S. The number of hydrogen-bond donors (Lipinski definition) is 2. The number of nitrogens with one attached hydrogen (secondary N) is 2. The minimum atomic E-state index is -3.24. The van der Waals surface area contributed by atoms with E-state index in [0.717, 1.165) is 18.7 Å². The molecule has 2 N–H and O–H groups in total. The Labute approximate surface area is 177 Å². The van der Waals surface area contributed by atoms with Gasteiger partial charge in [-0.1, -0.05) is 30.3 Å². The van der Waals surface area contributed by atoms with E-state index in [1.807, 2.05) is 35.1 Å². The zero-order chi connectivity index (χ0) is 21.2. The summed E-state index contributed by atoms with van der Waals surface area (Å²) in [7, 11) is -1.54. The molecule has 0 fully saturated rings. The van der Waals surface area contributed by atoms with Crippen LogP contribution in [0.25, 0.3) is 5.69 Å². The molecule has 0 amide bonds. The van der Waals surface area contributed by atoms with E-state index in [0.29, 0.717) is 23.8 Å². The molecule has 0 aliphatic rings. The van der Waals surface area contributed by atoms with Gasteiger partial charge < -0.3 is 10.6 Å². The number of aromatic nitrogens is 2. The summed E-state index contributed by atoms with van der Waals surface area (Å²) < 4.78 is 26.4. The summed E-state index contributed by atoms with van der Waals surface area (Å²) in [6, 6.07) is 18.7. The number of sulfone groups is 1. The Morgan fingerprint density at radius 1 is 1.00 bits per heavy atom. The molecule has 0 bridgehead atoms. The number of guanidine groups is 1. The minimum Gasteiger partial charge on any atom is -0.356 e. The van der Waals surface area contributed by atoms with Gasteiger partial charge in [0.1, 0.15) is 0 Å². The van der Waals surface area contributed by atoms with Crippen molar-refractivity contribution in [3.8, 4) is 5.69 Å². The second kappa shape index (κ2) is 10.6. The van der Waals surface area contributed by atoms with Gasteiger partial charge in [0.15, 0.2) is 15.8 Å². The Balaban J connectivity index is 1.38. The van der Waals surface area contributed by atoms with Crippen LogP contribution in [0.5, 0.6) is 0 Å². The number of hydrogen-bond acceptors (Lipinski definition) is 4. The average molecular weight is 426 g/mol. The molecule has 30 heavy (non-hydrogen) atoms. The second-order valence-corrected chi connectivity index (χ2v) is 8.89. The maximum absolute atomic E-state index is 12.3. The van der Waals surface area contributed by atoms with Crippen LogP contribution >= 0.6 is 0 Å². The van der Waals surface area contributed by atoms with Gasteiger partial charge in [0.05, 0.1) is 16.3 Å². The maximum atomic E-state index is 12.3. The molecule has 8 heteroatoms. The van der Waals surface area contributed by atoms with Crippen molar-refractivity contribution >= 4 is 15.8 Å². The highest BCUT2D eigenvalue weighted by Crippen LogP contribution is 2.11. The molecule has 3 rings (SSSR count). The minimum absolute atomic E-state index is 0.101. The fourth-order valence-corrected chi connectivity index (χ4v) is 4.33. The Bertz CT molecular complexity index is 1030. The Hall–Kier alpha value is -3.13. The van der Waals surface area contributed by atoms with Crippen LogP contribution in [0.4, 0.5) is 0 Å². The summed E-state index contributed by atoms with van der Waals surface area (Å²) in [5.74, 6) is 0.768.